The molecule has 1 rings (SSSR count). The molecule has 10 heavy (non-hydrogen) atoms. The Bertz CT molecular complexity index is 125. The van der Waals surface area contributed by atoms with Crippen LogP contribution in [0.15, 0.2) is 4.99 Å². The smallest absolute Gasteiger partial charge is 0.127 e. The number of nitrogens with zero attached hydrogens (tertiary/aromatic N) is 2. The molecule has 0 radical (unpaired) electrons. The number of aliphatic imine (C=N–C) groups is 1. The summed E-state index contributed by atoms with van der Waals surface area (Å²) in [6.45, 7) is 3.82. The second-order valence-corrected chi connectivity index (χ2v) is 2.50. The van der Waals surface area contributed by atoms with Gasteiger partial charge in [-0.1, -0.05) is 6.92 Å². The molecule has 1 aliphatic heterocycles. The lowest BCUT2D eigenvalue weighted by Crippen LogP contribution is -2.36. The van der Waals surface area contributed by atoms with Gasteiger partial charge in [-0.05, 0) is 12.8 Å². The second-order valence-electron chi connectivity index (χ2n) is 2.50. The predicted octanol–water partition coefficient (Wildman–Crippen LogP) is 0.449. The first kappa shape index (κ1) is 7.54. The predicted molar refractivity (Wildman–Crippen MR) is 41.0 cm³/mol. The molecule has 0 bridgehead atoms. The quantitative estimate of drug-likeness (QED) is 0.607. The Hall–Kier alpha value is -0.570. The van der Waals surface area contributed by atoms with Crippen LogP contribution >= 0.6 is 0 Å². The SMILES string of the molecule is CCC(O)N1C=NCCC1. The summed E-state index contributed by atoms with van der Waals surface area (Å²) in [6.07, 6.45) is 3.25. The van der Waals surface area contributed by atoms with Gasteiger partial charge in [0.05, 0.1) is 6.34 Å². The molecule has 1 unspecified atom stereocenters. The molecule has 0 aromatic rings. The maximum absolute atomic E-state index is 9.32. The normalized spacial score (nSPS) is 21.2. The van der Waals surface area contributed by atoms with E-state index in [9.17, 15) is 5.11 Å². The Labute approximate surface area is 61.4 Å². The molecule has 1 heterocycles. The van der Waals surface area contributed by atoms with Crippen LogP contribution in [0.25, 0.3) is 0 Å². The van der Waals surface area contributed by atoms with Crippen LogP contribution in [0, 0.1) is 0 Å². The van der Waals surface area contributed by atoms with E-state index < -0.39 is 0 Å². The first-order valence-corrected chi connectivity index (χ1v) is 3.78. The molecular formula is C7H14N2O. The van der Waals surface area contributed by atoms with E-state index in [1.807, 2.05) is 11.8 Å². The summed E-state index contributed by atoms with van der Waals surface area (Å²) in [5.41, 5.74) is 0. The van der Waals surface area contributed by atoms with E-state index in [0.29, 0.717) is 0 Å². The number of aliphatic hydroxyl groups excluding tert-OH is 1. The van der Waals surface area contributed by atoms with E-state index >= 15 is 0 Å². The van der Waals surface area contributed by atoms with Gasteiger partial charge in [0.1, 0.15) is 6.23 Å². The van der Waals surface area contributed by atoms with Gasteiger partial charge in [-0.15, -0.1) is 0 Å². The van der Waals surface area contributed by atoms with Crippen LogP contribution in [0.1, 0.15) is 19.8 Å². The summed E-state index contributed by atoms with van der Waals surface area (Å²) in [5.74, 6) is 0. The molecule has 0 aliphatic carbocycles. The largest absolute Gasteiger partial charge is 0.374 e. The Kier molecular flexibility index (Phi) is 2.68. The van der Waals surface area contributed by atoms with Crippen molar-refractivity contribution >= 4 is 6.34 Å². The van der Waals surface area contributed by atoms with Gasteiger partial charge < -0.3 is 10.0 Å². The van der Waals surface area contributed by atoms with Crippen molar-refractivity contribution in [3.05, 3.63) is 0 Å². The molecule has 0 saturated carbocycles. The number of hydrogen-bond donors (Lipinski definition) is 1. The van der Waals surface area contributed by atoms with Gasteiger partial charge in [-0.2, -0.15) is 0 Å². The fourth-order valence-corrected chi connectivity index (χ4v) is 1.03. The maximum Gasteiger partial charge on any atom is 0.127 e. The summed E-state index contributed by atoms with van der Waals surface area (Å²) in [4.78, 5) is 5.95. The molecule has 0 amide bonds. The van der Waals surface area contributed by atoms with Crippen molar-refractivity contribution in [2.45, 2.75) is 26.0 Å². The van der Waals surface area contributed by atoms with E-state index in [4.69, 9.17) is 0 Å². The van der Waals surface area contributed by atoms with E-state index in [1.165, 1.54) is 0 Å². The van der Waals surface area contributed by atoms with Gasteiger partial charge in [-0.25, -0.2) is 0 Å². The minimum atomic E-state index is -0.330. The van der Waals surface area contributed by atoms with Crippen LogP contribution < -0.4 is 0 Å². The lowest BCUT2D eigenvalue weighted by atomic mass is 10.3. The zero-order valence-corrected chi connectivity index (χ0v) is 6.32. The summed E-state index contributed by atoms with van der Waals surface area (Å²) in [6, 6.07) is 0. The molecule has 0 saturated heterocycles. The molecular weight excluding hydrogens is 128 g/mol. The molecule has 1 atom stereocenters. The van der Waals surface area contributed by atoms with Gasteiger partial charge >= 0.3 is 0 Å². The topological polar surface area (TPSA) is 35.8 Å². The van der Waals surface area contributed by atoms with Crippen molar-refractivity contribution in [2.24, 2.45) is 4.99 Å². The zero-order valence-electron chi connectivity index (χ0n) is 6.32. The van der Waals surface area contributed by atoms with Crippen molar-refractivity contribution in [2.75, 3.05) is 13.1 Å². The standard InChI is InChI=1S/C7H14N2O/c1-2-7(10)9-5-3-4-8-6-9/h6-7,10H,2-5H2,1H3. The van der Waals surface area contributed by atoms with E-state index in [0.717, 1.165) is 25.9 Å². The first-order valence-electron chi connectivity index (χ1n) is 3.78. The summed E-state index contributed by atoms with van der Waals surface area (Å²) >= 11 is 0. The maximum atomic E-state index is 9.32. The minimum absolute atomic E-state index is 0.330. The Morgan fingerprint density at radius 2 is 2.60 bits per heavy atom. The lowest BCUT2D eigenvalue weighted by Gasteiger charge is -2.26. The van der Waals surface area contributed by atoms with Crippen molar-refractivity contribution in [3.63, 3.8) is 0 Å². The number of aliphatic hydroxyl groups is 1. The fraction of sp³-hybridized carbons (Fsp3) is 0.857. The average Bonchev–Trinajstić information content (AvgIpc) is 2.05. The molecule has 1 N–H and O–H groups in total. The molecule has 0 aromatic heterocycles. The third-order valence-corrected chi connectivity index (χ3v) is 1.68. The summed E-state index contributed by atoms with van der Waals surface area (Å²) in [5, 5.41) is 9.32. The van der Waals surface area contributed by atoms with Gasteiger partial charge in [0, 0.05) is 13.1 Å². The van der Waals surface area contributed by atoms with Crippen LogP contribution in [0.5, 0.6) is 0 Å². The van der Waals surface area contributed by atoms with E-state index in [-0.39, 0.29) is 6.23 Å². The van der Waals surface area contributed by atoms with Gasteiger partial charge in [0.2, 0.25) is 0 Å². The molecule has 0 aromatic carbocycles. The Morgan fingerprint density at radius 1 is 1.80 bits per heavy atom. The zero-order chi connectivity index (χ0) is 7.40. The van der Waals surface area contributed by atoms with E-state index in [2.05, 4.69) is 4.99 Å². The van der Waals surface area contributed by atoms with Gasteiger partial charge in [-0.3, -0.25) is 4.99 Å². The third kappa shape index (κ3) is 1.70. The van der Waals surface area contributed by atoms with Crippen LogP contribution in [0.2, 0.25) is 0 Å². The number of rotatable bonds is 2. The van der Waals surface area contributed by atoms with Crippen molar-refractivity contribution in [1.29, 1.82) is 0 Å². The molecule has 0 fully saturated rings. The minimum Gasteiger partial charge on any atom is -0.374 e. The van der Waals surface area contributed by atoms with Crippen LogP contribution in [-0.4, -0.2) is 35.7 Å². The monoisotopic (exact) mass is 142 g/mol. The highest BCUT2D eigenvalue weighted by Crippen LogP contribution is 2.02. The van der Waals surface area contributed by atoms with Crippen molar-refractivity contribution < 1.29 is 5.11 Å². The van der Waals surface area contributed by atoms with Crippen molar-refractivity contribution in [1.82, 2.24) is 4.90 Å². The van der Waals surface area contributed by atoms with Crippen LogP contribution in [0.3, 0.4) is 0 Å². The first-order chi connectivity index (χ1) is 4.84. The Balaban J connectivity index is 2.38. The highest BCUT2D eigenvalue weighted by Gasteiger charge is 2.10. The highest BCUT2D eigenvalue weighted by atomic mass is 16.3. The highest BCUT2D eigenvalue weighted by molar-refractivity contribution is 5.55. The lowest BCUT2D eigenvalue weighted by molar-refractivity contribution is 0.0508. The molecule has 1 aliphatic rings. The number of hydrogen-bond acceptors (Lipinski definition) is 3. The fourth-order valence-electron chi connectivity index (χ4n) is 1.03. The Morgan fingerprint density at radius 3 is 3.10 bits per heavy atom. The molecule has 58 valence electrons. The summed E-state index contributed by atoms with van der Waals surface area (Å²) < 4.78 is 0. The van der Waals surface area contributed by atoms with Crippen LogP contribution in [0.4, 0.5) is 0 Å². The van der Waals surface area contributed by atoms with Gasteiger partial charge in [0.25, 0.3) is 0 Å². The van der Waals surface area contributed by atoms with Gasteiger partial charge in [0.15, 0.2) is 0 Å². The van der Waals surface area contributed by atoms with E-state index in [1.54, 1.807) is 6.34 Å². The average molecular weight is 142 g/mol. The molecule has 3 heteroatoms. The van der Waals surface area contributed by atoms with Crippen molar-refractivity contribution in [3.8, 4) is 0 Å². The second kappa shape index (κ2) is 3.56. The third-order valence-electron chi connectivity index (χ3n) is 1.68. The molecule has 3 nitrogen and oxygen atoms in total. The summed E-state index contributed by atoms with van der Waals surface area (Å²) in [7, 11) is 0. The molecule has 0 spiro atoms. The van der Waals surface area contributed by atoms with Crippen LogP contribution in [-0.2, 0) is 0 Å².